The van der Waals surface area contributed by atoms with Crippen molar-refractivity contribution in [2.24, 2.45) is 0 Å². The minimum Gasteiger partial charge on any atom is -0.335 e. The third kappa shape index (κ3) is 4.75. The molecule has 178 valence electrons. The molecule has 0 spiro atoms. The molecule has 2 aliphatic heterocycles. The minimum atomic E-state index is -0.233. The molecule has 1 saturated heterocycles. The Balaban J connectivity index is 1.19. The number of urea groups is 1. The van der Waals surface area contributed by atoms with E-state index in [2.05, 4.69) is 5.32 Å². The third-order valence-corrected chi connectivity index (χ3v) is 6.65. The zero-order valence-corrected chi connectivity index (χ0v) is 19.7. The maximum absolute atomic E-state index is 13.2. The van der Waals surface area contributed by atoms with Gasteiger partial charge in [-0.15, -0.1) is 0 Å². The monoisotopic (exact) mass is 468 g/mol. The van der Waals surface area contributed by atoms with Crippen LogP contribution in [-0.2, 0) is 6.42 Å². The number of carbonyl (C=O) groups is 3. The van der Waals surface area contributed by atoms with Crippen molar-refractivity contribution in [3.8, 4) is 0 Å². The maximum Gasteiger partial charge on any atom is 0.321 e. The number of rotatable bonds is 3. The normalized spacial score (nSPS) is 15.1. The number of benzene rings is 3. The number of nitrogens with zero attached hydrogens (tertiary/aromatic N) is 3. The van der Waals surface area contributed by atoms with Crippen LogP contribution >= 0.6 is 0 Å². The van der Waals surface area contributed by atoms with Gasteiger partial charge in [0.25, 0.3) is 11.8 Å². The Morgan fingerprint density at radius 3 is 2.20 bits per heavy atom. The van der Waals surface area contributed by atoms with Crippen molar-refractivity contribution >= 4 is 29.2 Å². The maximum atomic E-state index is 13.2. The van der Waals surface area contributed by atoms with E-state index in [9.17, 15) is 14.4 Å². The Morgan fingerprint density at radius 1 is 0.714 bits per heavy atom. The van der Waals surface area contributed by atoms with Gasteiger partial charge in [0, 0.05) is 55.2 Å². The third-order valence-electron chi connectivity index (χ3n) is 6.65. The van der Waals surface area contributed by atoms with E-state index in [0.717, 1.165) is 17.7 Å². The van der Waals surface area contributed by atoms with Crippen LogP contribution in [0, 0.1) is 6.92 Å². The lowest BCUT2D eigenvalue weighted by atomic mass is 10.1. The zero-order valence-electron chi connectivity index (χ0n) is 19.7. The summed E-state index contributed by atoms with van der Waals surface area (Å²) in [6.45, 7) is 4.50. The van der Waals surface area contributed by atoms with Crippen LogP contribution in [0.15, 0.2) is 72.8 Å². The van der Waals surface area contributed by atoms with E-state index in [0.29, 0.717) is 49.5 Å². The van der Waals surface area contributed by atoms with E-state index in [-0.39, 0.29) is 17.8 Å². The van der Waals surface area contributed by atoms with Gasteiger partial charge in [-0.1, -0.05) is 42.0 Å². The van der Waals surface area contributed by atoms with Gasteiger partial charge in [-0.05, 0) is 55.3 Å². The number of amides is 4. The molecule has 2 heterocycles. The predicted octanol–water partition coefficient (Wildman–Crippen LogP) is 4.19. The van der Waals surface area contributed by atoms with Crippen molar-refractivity contribution in [1.29, 1.82) is 0 Å². The SMILES string of the molecule is Cc1ccc(C(=O)N2CCN(C(=O)Nc3cccc(C(=O)N4CCc5ccccc54)c3)CC2)cc1. The topological polar surface area (TPSA) is 73.0 Å². The fourth-order valence-corrected chi connectivity index (χ4v) is 4.63. The summed E-state index contributed by atoms with van der Waals surface area (Å²) in [6.07, 6.45) is 0.844. The average Bonchev–Trinajstić information content (AvgIpc) is 3.33. The molecule has 4 amide bonds. The highest BCUT2D eigenvalue weighted by atomic mass is 16.2. The fraction of sp³-hybridized carbons (Fsp3) is 0.250. The van der Waals surface area contributed by atoms with Crippen molar-refractivity contribution in [2.75, 3.05) is 42.9 Å². The lowest BCUT2D eigenvalue weighted by Gasteiger charge is -2.34. The summed E-state index contributed by atoms with van der Waals surface area (Å²) in [4.78, 5) is 44.0. The van der Waals surface area contributed by atoms with Crippen molar-refractivity contribution in [1.82, 2.24) is 9.80 Å². The molecule has 0 saturated carbocycles. The predicted molar refractivity (Wildman–Crippen MR) is 136 cm³/mol. The summed E-state index contributed by atoms with van der Waals surface area (Å²) in [5.41, 5.74) is 5.00. The number of carbonyl (C=O) groups excluding carboxylic acids is 3. The van der Waals surface area contributed by atoms with Crippen LogP contribution in [0.2, 0.25) is 0 Å². The number of fused-ring (bicyclic) bond motifs is 1. The van der Waals surface area contributed by atoms with Crippen molar-refractivity contribution in [3.05, 3.63) is 95.1 Å². The number of para-hydroxylation sites is 1. The Morgan fingerprint density at radius 2 is 1.43 bits per heavy atom. The molecule has 0 bridgehead atoms. The quantitative estimate of drug-likeness (QED) is 0.627. The van der Waals surface area contributed by atoms with Crippen molar-refractivity contribution in [3.63, 3.8) is 0 Å². The van der Waals surface area contributed by atoms with Crippen LogP contribution in [0.3, 0.4) is 0 Å². The molecule has 2 aliphatic rings. The summed E-state index contributed by atoms with van der Waals surface area (Å²) >= 11 is 0. The van der Waals surface area contributed by atoms with Gasteiger partial charge in [0.2, 0.25) is 0 Å². The standard InChI is InChI=1S/C28H28N4O3/c1-20-9-11-22(12-10-20)26(33)30-15-17-31(18-16-30)28(35)29-24-7-4-6-23(19-24)27(34)32-14-13-21-5-2-3-8-25(21)32/h2-12,19H,13-18H2,1H3,(H,29,35). The Kier molecular flexibility index (Phi) is 6.23. The second-order valence-electron chi connectivity index (χ2n) is 8.99. The van der Waals surface area contributed by atoms with E-state index >= 15 is 0 Å². The largest absolute Gasteiger partial charge is 0.335 e. The first-order valence-corrected chi connectivity index (χ1v) is 11.9. The Hall–Kier alpha value is -4.13. The molecule has 5 rings (SSSR count). The van der Waals surface area contributed by atoms with Crippen LogP contribution in [0.25, 0.3) is 0 Å². The summed E-state index contributed by atoms with van der Waals surface area (Å²) in [6, 6.07) is 22.3. The van der Waals surface area contributed by atoms with Gasteiger partial charge in [-0.2, -0.15) is 0 Å². The van der Waals surface area contributed by atoms with Crippen LogP contribution in [0.1, 0.15) is 31.8 Å². The first kappa shape index (κ1) is 22.7. The first-order valence-electron chi connectivity index (χ1n) is 11.9. The molecule has 3 aromatic rings. The van der Waals surface area contributed by atoms with Crippen molar-refractivity contribution < 1.29 is 14.4 Å². The smallest absolute Gasteiger partial charge is 0.321 e. The summed E-state index contributed by atoms with van der Waals surface area (Å²) in [5, 5.41) is 2.91. The van der Waals surface area contributed by atoms with Gasteiger partial charge < -0.3 is 20.0 Å². The highest BCUT2D eigenvalue weighted by Gasteiger charge is 2.27. The number of hydrogen-bond acceptors (Lipinski definition) is 3. The summed E-state index contributed by atoms with van der Waals surface area (Å²) < 4.78 is 0. The van der Waals surface area contributed by atoms with Gasteiger partial charge in [0.1, 0.15) is 0 Å². The number of aryl methyl sites for hydroxylation is 1. The second kappa shape index (κ2) is 9.62. The zero-order chi connectivity index (χ0) is 24.4. The van der Waals surface area contributed by atoms with E-state index < -0.39 is 0 Å². The average molecular weight is 469 g/mol. The molecule has 7 nitrogen and oxygen atoms in total. The van der Waals surface area contributed by atoms with Crippen LogP contribution in [0.4, 0.5) is 16.2 Å². The lowest BCUT2D eigenvalue weighted by Crippen LogP contribution is -2.51. The molecule has 1 N–H and O–H groups in total. The molecule has 3 aromatic carbocycles. The Labute approximate surface area is 204 Å². The first-order chi connectivity index (χ1) is 17.0. The van der Waals surface area contributed by atoms with Gasteiger partial charge in [-0.3, -0.25) is 9.59 Å². The highest BCUT2D eigenvalue weighted by Crippen LogP contribution is 2.29. The molecule has 0 unspecified atom stereocenters. The second-order valence-corrected chi connectivity index (χ2v) is 8.99. The molecule has 0 aromatic heterocycles. The fourth-order valence-electron chi connectivity index (χ4n) is 4.63. The van der Waals surface area contributed by atoms with E-state index in [1.165, 1.54) is 5.56 Å². The van der Waals surface area contributed by atoms with E-state index in [1.54, 1.807) is 39.0 Å². The number of piperazine rings is 1. The van der Waals surface area contributed by atoms with E-state index in [4.69, 9.17) is 0 Å². The van der Waals surface area contributed by atoms with Gasteiger partial charge in [0.15, 0.2) is 0 Å². The molecule has 0 radical (unpaired) electrons. The van der Waals surface area contributed by atoms with Gasteiger partial charge in [-0.25, -0.2) is 4.79 Å². The van der Waals surface area contributed by atoms with E-state index in [1.807, 2.05) is 55.5 Å². The number of nitrogens with one attached hydrogen (secondary N) is 1. The number of anilines is 2. The van der Waals surface area contributed by atoms with Crippen LogP contribution < -0.4 is 10.2 Å². The van der Waals surface area contributed by atoms with Crippen LogP contribution in [-0.4, -0.2) is 60.4 Å². The summed E-state index contributed by atoms with van der Waals surface area (Å²) in [5.74, 6) is -0.0889. The minimum absolute atomic E-state index is 0.0141. The van der Waals surface area contributed by atoms with Crippen LogP contribution in [0.5, 0.6) is 0 Å². The van der Waals surface area contributed by atoms with Crippen molar-refractivity contribution in [2.45, 2.75) is 13.3 Å². The summed E-state index contributed by atoms with van der Waals surface area (Å²) in [7, 11) is 0. The molecule has 7 heteroatoms. The van der Waals surface area contributed by atoms with Gasteiger partial charge >= 0.3 is 6.03 Å². The molecule has 0 atom stereocenters. The lowest BCUT2D eigenvalue weighted by molar-refractivity contribution is 0.0671. The molecular weight excluding hydrogens is 440 g/mol. The molecule has 35 heavy (non-hydrogen) atoms. The number of hydrogen-bond donors (Lipinski definition) is 1. The molecular formula is C28H28N4O3. The van der Waals surface area contributed by atoms with Gasteiger partial charge in [0.05, 0.1) is 0 Å². The molecule has 0 aliphatic carbocycles. The highest BCUT2D eigenvalue weighted by molar-refractivity contribution is 6.08. The molecule has 1 fully saturated rings. The Bertz CT molecular complexity index is 1260.